The molecule has 3 unspecified atom stereocenters. The van der Waals surface area contributed by atoms with Crippen LogP contribution >= 0.6 is 0 Å². The Morgan fingerprint density at radius 1 is 0.826 bits per heavy atom. The Kier molecular flexibility index (Phi) is 10.1. The summed E-state index contributed by atoms with van der Waals surface area (Å²) in [7, 11) is 1.27. The van der Waals surface area contributed by atoms with E-state index in [4.69, 9.17) is 0 Å². The molecule has 0 aliphatic heterocycles. The Hall–Kier alpha value is -1.12. The number of hydrogen-bond donors (Lipinski definition) is 0. The summed E-state index contributed by atoms with van der Waals surface area (Å²) in [5.41, 5.74) is 0.183. The molecule has 0 fully saturated rings. The maximum Gasteiger partial charge on any atom is 0.200 e. The van der Waals surface area contributed by atoms with Gasteiger partial charge < -0.3 is 4.74 Å². The largest absolute Gasteiger partial charge is 0.494 e. The number of hydrogen-bond acceptors (Lipinski definition) is 1. The van der Waals surface area contributed by atoms with Gasteiger partial charge in [-0.2, -0.15) is 4.39 Å². The van der Waals surface area contributed by atoms with Crippen molar-refractivity contribution in [2.75, 3.05) is 7.11 Å². The van der Waals surface area contributed by atoms with Crippen molar-refractivity contribution in [3.63, 3.8) is 0 Å². The third-order valence-electron chi connectivity index (χ3n) is 4.79. The van der Waals surface area contributed by atoms with Crippen molar-refractivity contribution in [3.8, 4) is 0 Å². The van der Waals surface area contributed by atoms with E-state index in [2.05, 4.69) is 45.6 Å². The van der Waals surface area contributed by atoms with Gasteiger partial charge in [-0.1, -0.05) is 60.6 Å². The van der Waals surface area contributed by atoms with E-state index >= 15 is 0 Å². The van der Waals surface area contributed by atoms with Crippen molar-refractivity contribution in [1.29, 1.82) is 0 Å². The molecule has 0 bridgehead atoms. The van der Waals surface area contributed by atoms with Gasteiger partial charge in [-0.25, -0.2) is 4.39 Å². The Balaban J connectivity index is 4.51. The lowest BCUT2D eigenvalue weighted by Crippen LogP contribution is -2.11. The average Bonchev–Trinajstić information content (AvgIpc) is 2.53. The second kappa shape index (κ2) is 10.6. The standard InChI is InChI=1S/C20H34F2O/c1-13(2)9-10-14(3)15(4)11-12-16(5)17(6)19(21)20(22)18(7)23-8/h13-16H,6-7,9-12H2,1-5,8H3/b20-19-. The lowest BCUT2D eigenvalue weighted by atomic mass is 9.83. The molecule has 23 heavy (non-hydrogen) atoms. The van der Waals surface area contributed by atoms with Crippen molar-refractivity contribution in [2.45, 2.75) is 60.3 Å². The summed E-state index contributed by atoms with van der Waals surface area (Å²) in [5, 5.41) is 0. The monoisotopic (exact) mass is 328 g/mol. The third-order valence-corrected chi connectivity index (χ3v) is 4.79. The van der Waals surface area contributed by atoms with Crippen molar-refractivity contribution in [3.05, 3.63) is 36.1 Å². The predicted octanol–water partition coefficient (Wildman–Crippen LogP) is 6.98. The van der Waals surface area contributed by atoms with Gasteiger partial charge in [0.05, 0.1) is 7.11 Å². The lowest BCUT2D eigenvalue weighted by Gasteiger charge is -2.23. The minimum Gasteiger partial charge on any atom is -0.494 e. The molecule has 0 aromatic carbocycles. The number of allylic oxidation sites excluding steroid dienone is 3. The average molecular weight is 328 g/mol. The summed E-state index contributed by atoms with van der Waals surface area (Å²) in [6.45, 7) is 17.9. The molecule has 0 saturated heterocycles. The second-order valence-electron chi connectivity index (χ2n) is 7.18. The van der Waals surface area contributed by atoms with Crippen LogP contribution in [0.3, 0.4) is 0 Å². The molecule has 0 aromatic rings. The third kappa shape index (κ3) is 7.81. The molecule has 1 nitrogen and oxygen atoms in total. The molecule has 0 rings (SSSR count). The molecule has 0 amide bonds. The second-order valence-corrected chi connectivity index (χ2v) is 7.18. The topological polar surface area (TPSA) is 9.23 Å². The molecule has 0 spiro atoms. The summed E-state index contributed by atoms with van der Waals surface area (Å²) in [4.78, 5) is 0. The van der Waals surface area contributed by atoms with Gasteiger partial charge in [0, 0.05) is 0 Å². The molecule has 3 atom stereocenters. The smallest absolute Gasteiger partial charge is 0.200 e. The first-order valence-electron chi connectivity index (χ1n) is 8.59. The first-order chi connectivity index (χ1) is 10.6. The summed E-state index contributed by atoms with van der Waals surface area (Å²) < 4.78 is 32.4. The maximum atomic E-state index is 14.0. The van der Waals surface area contributed by atoms with Crippen molar-refractivity contribution in [1.82, 2.24) is 0 Å². The molecule has 0 saturated carbocycles. The van der Waals surface area contributed by atoms with Crippen LogP contribution in [-0.2, 0) is 4.74 Å². The fraction of sp³-hybridized carbons (Fsp3) is 0.700. The zero-order valence-electron chi connectivity index (χ0n) is 15.7. The Labute approximate surface area is 141 Å². The molecule has 0 aliphatic carbocycles. The van der Waals surface area contributed by atoms with Crippen LogP contribution in [0.15, 0.2) is 36.1 Å². The van der Waals surface area contributed by atoms with Gasteiger partial charge in [0.25, 0.3) is 0 Å². The summed E-state index contributed by atoms with van der Waals surface area (Å²) in [5.74, 6) is -0.471. The number of methoxy groups -OCH3 is 1. The molecule has 0 heterocycles. The summed E-state index contributed by atoms with van der Waals surface area (Å²) in [6.07, 6.45) is 4.23. The van der Waals surface area contributed by atoms with Crippen LogP contribution in [0.25, 0.3) is 0 Å². The molecular formula is C20H34F2O. The highest BCUT2D eigenvalue weighted by molar-refractivity contribution is 5.33. The Morgan fingerprint density at radius 2 is 1.30 bits per heavy atom. The van der Waals surface area contributed by atoms with E-state index in [-0.39, 0.29) is 17.3 Å². The van der Waals surface area contributed by atoms with Crippen LogP contribution in [0, 0.1) is 23.7 Å². The Morgan fingerprint density at radius 3 is 1.74 bits per heavy atom. The van der Waals surface area contributed by atoms with Crippen LogP contribution < -0.4 is 0 Å². The highest BCUT2D eigenvalue weighted by Gasteiger charge is 2.20. The minimum absolute atomic E-state index is 0.106. The summed E-state index contributed by atoms with van der Waals surface area (Å²) >= 11 is 0. The lowest BCUT2D eigenvalue weighted by molar-refractivity contribution is 0.279. The fourth-order valence-corrected chi connectivity index (χ4v) is 2.42. The van der Waals surface area contributed by atoms with E-state index < -0.39 is 11.7 Å². The van der Waals surface area contributed by atoms with Gasteiger partial charge in [-0.3, -0.25) is 0 Å². The van der Waals surface area contributed by atoms with Crippen LogP contribution in [0.1, 0.15) is 60.3 Å². The normalized spacial score (nSPS) is 16.6. The molecule has 3 heteroatoms. The fourth-order valence-electron chi connectivity index (χ4n) is 2.42. The molecular weight excluding hydrogens is 294 g/mol. The molecule has 134 valence electrons. The zero-order valence-corrected chi connectivity index (χ0v) is 15.7. The van der Waals surface area contributed by atoms with E-state index in [1.165, 1.54) is 20.0 Å². The number of ether oxygens (including phenoxy) is 1. The first kappa shape index (κ1) is 21.9. The van der Waals surface area contributed by atoms with Crippen molar-refractivity contribution in [2.24, 2.45) is 23.7 Å². The van der Waals surface area contributed by atoms with E-state index in [0.717, 1.165) is 18.8 Å². The van der Waals surface area contributed by atoms with E-state index in [1.54, 1.807) is 0 Å². The van der Waals surface area contributed by atoms with Crippen LogP contribution in [0.2, 0.25) is 0 Å². The SMILES string of the molecule is C=C(OC)/C(F)=C(/F)C(=C)C(C)CCC(C)C(C)CCC(C)C. The minimum atomic E-state index is -1.05. The van der Waals surface area contributed by atoms with Gasteiger partial charge in [-0.05, 0) is 42.1 Å². The molecule has 0 aliphatic rings. The van der Waals surface area contributed by atoms with Gasteiger partial charge in [0.2, 0.25) is 0 Å². The molecule has 0 N–H and O–H groups in total. The van der Waals surface area contributed by atoms with Crippen molar-refractivity contribution >= 4 is 0 Å². The molecule has 0 radical (unpaired) electrons. The van der Waals surface area contributed by atoms with E-state index in [9.17, 15) is 8.78 Å². The van der Waals surface area contributed by atoms with Gasteiger partial charge in [-0.15, -0.1) is 0 Å². The molecule has 0 aromatic heterocycles. The van der Waals surface area contributed by atoms with Gasteiger partial charge in [0.1, 0.15) is 5.76 Å². The number of halogens is 2. The van der Waals surface area contributed by atoms with E-state index in [1.807, 2.05) is 6.92 Å². The van der Waals surface area contributed by atoms with Crippen LogP contribution in [0.4, 0.5) is 8.78 Å². The first-order valence-corrected chi connectivity index (χ1v) is 8.59. The van der Waals surface area contributed by atoms with Crippen LogP contribution in [0.5, 0.6) is 0 Å². The van der Waals surface area contributed by atoms with Crippen LogP contribution in [-0.4, -0.2) is 7.11 Å². The highest BCUT2D eigenvalue weighted by Crippen LogP contribution is 2.31. The zero-order chi connectivity index (χ0) is 18.2. The predicted molar refractivity (Wildman–Crippen MR) is 95.3 cm³/mol. The van der Waals surface area contributed by atoms with Gasteiger partial charge >= 0.3 is 0 Å². The van der Waals surface area contributed by atoms with E-state index in [0.29, 0.717) is 11.8 Å². The van der Waals surface area contributed by atoms with Gasteiger partial charge in [0.15, 0.2) is 11.7 Å². The Bertz CT molecular complexity index is 423. The maximum absolute atomic E-state index is 14.0. The summed E-state index contributed by atoms with van der Waals surface area (Å²) in [6, 6.07) is 0. The number of rotatable bonds is 11. The quantitative estimate of drug-likeness (QED) is 0.294. The highest BCUT2D eigenvalue weighted by atomic mass is 19.2. The van der Waals surface area contributed by atoms with Crippen molar-refractivity contribution < 1.29 is 13.5 Å².